The van der Waals surface area contributed by atoms with Gasteiger partial charge in [-0.2, -0.15) is 0 Å². The first-order chi connectivity index (χ1) is 17.6. The van der Waals surface area contributed by atoms with Crippen LogP contribution in [-0.4, -0.2) is 30.8 Å². The van der Waals surface area contributed by atoms with Gasteiger partial charge in [-0.15, -0.1) is 0 Å². The van der Waals surface area contributed by atoms with Gasteiger partial charge in [0.25, 0.3) is 0 Å². The van der Waals surface area contributed by atoms with E-state index in [-0.39, 0.29) is 5.91 Å². The first-order valence-corrected chi connectivity index (χ1v) is 11.4. The Hall–Kier alpha value is -4.89. The zero-order valence-corrected chi connectivity index (χ0v) is 19.6. The topological polar surface area (TPSA) is 134 Å². The largest absolute Gasteiger partial charge is 0.338 e. The van der Waals surface area contributed by atoms with E-state index in [9.17, 15) is 4.79 Å². The molecule has 0 aliphatic heterocycles. The van der Waals surface area contributed by atoms with Gasteiger partial charge in [0.15, 0.2) is 0 Å². The van der Waals surface area contributed by atoms with Crippen molar-refractivity contribution in [3.05, 3.63) is 91.4 Å². The Morgan fingerprint density at radius 1 is 1.03 bits per heavy atom. The molecule has 0 bridgehead atoms. The van der Waals surface area contributed by atoms with Crippen LogP contribution in [-0.2, 0) is 4.79 Å². The predicted octanol–water partition coefficient (Wildman–Crippen LogP) is 4.78. The highest BCUT2D eigenvalue weighted by Crippen LogP contribution is 2.33. The fourth-order valence-electron chi connectivity index (χ4n) is 3.95. The lowest BCUT2D eigenvalue weighted by Crippen LogP contribution is -2.11. The molecule has 4 heterocycles. The molecule has 5 rings (SSSR count). The summed E-state index contributed by atoms with van der Waals surface area (Å²) in [5.41, 5.74) is 9.88. The van der Waals surface area contributed by atoms with Gasteiger partial charge in [0.05, 0.1) is 22.9 Å². The molecule has 4 aromatic heterocycles. The molecular weight excluding hydrogens is 452 g/mol. The lowest BCUT2D eigenvalue weighted by Gasteiger charge is -2.12. The van der Waals surface area contributed by atoms with Crippen LogP contribution in [0.1, 0.15) is 24.7 Å². The number of aromatic amines is 1. The number of benzene rings is 1. The molecule has 0 aliphatic rings. The first-order valence-electron chi connectivity index (χ1n) is 11.4. The summed E-state index contributed by atoms with van der Waals surface area (Å²) in [6, 6.07) is 13.7. The van der Waals surface area contributed by atoms with Crippen molar-refractivity contribution in [2.45, 2.75) is 13.3 Å². The highest BCUT2D eigenvalue weighted by atomic mass is 16.1. The minimum atomic E-state index is -0.0835. The molecular formula is C27H24N8O. The molecule has 0 unspecified atom stereocenters. The number of imidazole rings is 1. The Labute approximate surface area is 207 Å². The number of hydrogen-bond acceptors (Lipinski definition) is 7. The number of nitrogens with two attached hydrogens (primary N) is 1. The summed E-state index contributed by atoms with van der Waals surface area (Å²) in [5, 5.41) is 2.83. The van der Waals surface area contributed by atoms with Crippen LogP contribution in [0.3, 0.4) is 0 Å². The third-order valence-electron chi connectivity index (χ3n) is 5.82. The second kappa shape index (κ2) is 9.77. The molecule has 0 saturated heterocycles. The number of aromatic nitrogens is 5. The summed E-state index contributed by atoms with van der Waals surface area (Å²) < 4.78 is 0. The normalized spacial score (nSPS) is 10.8. The lowest BCUT2D eigenvalue weighted by atomic mass is 10.0. The van der Waals surface area contributed by atoms with Gasteiger partial charge in [0, 0.05) is 59.0 Å². The van der Waals surface area contributed by atoms with E-state index >= 15 is 0 Å². The molecule has 1 aromatic carbocycles. The molecule has 0 atom stereocenters. The Morgan fingerprint density at radius 2 is 1.83 bits per heavy atom. The summed E-state index contributed by atoms with van der Waals surface area (Å²) in [7, 11) is 0. The maximum Gasteiger partial charge on any atom is 0.224 e. The van der Waals surface area contributed by atoms with Crippen molar-refractivity contribution in [2.24, 2.45) is 5.84 Å². The van der Waals surface area contributed by atoms with Gasteiger partial charge in [-0.1, -0.05) is 25.6 Å². The van der Waals surface area contributed by atoms with Gasteiger partial charge in [-0.05, 0) is 35.9 Å². The summed E-state index contributed by atoms with van der Waals surface area (Å²) in [6.07, 6.45) is 8.91. The smallest absolute Gasteiger partial charge is 0.224 e. The van der Waals surface area contributed by atoms with Crippen LogP contribution in [0.15, 0.2) is 80.0 Å². The average Bonchev–Trinajstić information content (AvgIpc) is 3.37. The molecule has 0 fully saturated rings. The predicted molar refractivity (Wildman–Crippen MR) is 142 cm³/mol. The van der Waals surface area contributed by atoms with Crippen molar-refractivity contribution in [3.8, 4) is 22.3 Å². The van der Waals surface area contributed by atoms with E-state index in [4.69, 9.17) is 10.8 Å². The Morgan fingerprint density at radius 3 is 2.61 bits per heavy atom. The molecule has 5 N–H and O–H groups in total. The van der Waals surface area contributed by atoms with Crippen molar-refractivity contribution >= 4 is 34.0 Å². The zero-order chi connectivity index (χ0) is 25.1. The fourth-order valence-corrected chi connectivity index (χ4v) is 3.95. The molecule has 178 valence electrons. The summed E-state index contributed by atoms with van der Waals surface area (Å²) >= 11 is 0. The minimum Gasteiger partial charge on any atom is -0.338 e. The number of amides is 1. The summed E-state index contributed by atoms with van der Waals surface area (Å²) in [6.45, 7) is 6.09. The SMILES string of the molecule is C=C(c1nc2c(-c3ccncc3)cccc2[nH]1)c1cc(-c2cncc(NC(=O)CC)c2)cnc1NN. The van der Waals surface area contributed by atoms with Gasteiger partial charge in [-0.3, -0.25) is 14.8 Å². The molecule has 36 heavy (non-hydrogen) atoms. The van der Waals surface area contributed by atoms with Crippen molar-refractivity contribution in [1.29, 1.82) is 0 Å². The number of hydrazine groups is 1. The minimum absolute atomic E-state index is 0.0835. The number of H-pyrrole nitrogens is 1. The van der Waals surface area contributed by atoms with E-state index in [2.05, 4.69) is 37.3 Å². The molecule has 0 radical (unpaired) electrons. The van der Waals surface area contributed by atoms with Crippen molar-refractivity contribution in [3.63, 3.8) is 0 Å². The average molecular weight is 477 g/mol. The number of anilines is 2. The van der Waals surface area contributed by atoms with Gasteiger partial charge in [0.2, 0.25) is 5.91 Å². The molecule has 9 nitrogen and oxygen atoms in total. The first kappa shape index (κ1) is 22.9. The number of para-hydroxylation sites is 1. The number of fused-ring (bicyclic) bond motifs is 1. The van der Waals surface area contributed by atoms with E-state index in [1.165, 1.54) is 0 Å². The molecule has 1 amide bonds. The summed E-state index contributed by atoms with van der Waals surface area (Å²) in [5.74, 6) is 6.75. The highest BCUT2D eigenvalue weighted by molar-refractivity contribution is 5.95. The number of nitrogens with zero attached hydrogens (tertiary/aromatic N) is 4. The maximum absolute atomic E-state index is 11.8. The van der Waals surface area contributed by atoms with Crippen LogP contribution in [0.25, 0.3) is 38.9 Å². The van der Waals surface area contributed by atoms with E-state index < -0.39 is 0 Å². The van der Waals surface area contributed by atoms with E-state index in [1.807, 2.05) is 42.5 Å². The van der Waals surface area contributed by atoms with Crippen molar-refractivity contribution in [2.75, 3.05) is 10.7 Å². The standard InChI is InChI=1S/C27H24N8O/c1-3-24(36)32-20-11-18(13-30-15-20)19-12-22(27(35-28)31-14-19)16(2)26-33-23-6-4-5-21(25(23)34-26)17-7-9-29-10-8-17/h4-15H,2-3,28H2,1H3,(H,31,35)(H,32,36)(H,33,34). The Balaban J connectivity index is 1.54. The van der Waals surface area contributed by atoms with Gasteiger partial charge in [-0.25, -0.2) is 15.8 Å². The fraction of sp³-hybridized carbons (Fsp3) is 0.0741. The Kier molecular flexibility index (Phi) is 6.21. The summed E-state index contributed by atoms with van der Waals surface area (Å²) in [4.78, 5) is 32.9. The van der Waals surface area contributed by atoms with Gasteiger partial charge >= 0.3 is 0 Å². The third-order valence-corrected chi connectivity index (χ3v) is 5.82. The van der Waals surface area contributed by atoms with Crippen molar-refractivity contribution < 1.29 is 4.79 Å². The van der Waals surface area contributed by atoms with Crippen LogP contribution in [0.5, 0.6) is 0 Å². The number of rotatable bonds is 7. The van der Waals surface area contributed by atoms with Crippen LogP contribution >= 0.6 is 0 Å². The maximum atomic E-state index is 11.8. The van der Waals surface area contributed by atoms with Crippen molar-refractivity contribution in [1.82, 2.24) is 24.9 Å². The Bertz CT molecular complexity index is 1580. The quantitative estimate of drug-likeness (QED) is 0.196. The second-order valence-electron chi connectivity index (χ2n) is 8.13. The van der Waals surface area contributed by atoms with Crippen LogP contribution in [0.2, 0.25) is 0 Å². The number of carbonyl (C=O) groups is 1. The second-order valence-corrected chi connectivity index (χ2v) is 8.13. The number of nitrogens with one attached hydrogen (secondary N) is 3. The van der Waals surface area contributed by atoms with Crippen LogP contribution < -0.4 is 16.6 Å². The number of pyridine rings is 3. The molecule has 0 aliphatic carbocycles. The zero-order valence-electron chi connectivity index (χ0n) is 19.6. The number of nitrogen functional groups attached to an aromatic ring is 1. The number of carbonyl (C=O) groups excluding carboxylic acids is 1. The third kappa shape index (κ3) is 4.42. The molecule has 0 saturated carbocycles. The lowest BCUT2D eigenvalue weighted by molar-refractivity contribution is -0.115. The molecule has 5 aromatic rings. The van der Waals surface area contributed by atoms with Gasteiger partial charge in [0.1, 0.15) is 11.6 Å². The number of hydrogen-bond donors (Lipinski definition) is 4. The molecule has 0 spiro atoms. The van der Waals surface area contributed by atoms with E-state index in [1.54, 1.807) is 37.9 Å². The highest BCUT2D eigenvalue weighted by Gasteiger charge is 2.16. The van der Waals surface area contributed by atoms with E-state index in [0.717, 1.165) is 33.3 Å². The van der Waals surface area contributed by atoms with Gasteiger partial charge < -0.3 is 15.7 Å². The molecule has 9 heteroatoms. The van der Waals surface area contributed by atoms with Crippen LogP contribution in [0.4, 0.5) is 11.5 Å². The van der Waals surface area contributed by atoms with Crippen LogP contribution in [0, 0.1) is 0 Å². The monoisotopic (exact) mass is 476 g/mol. The van der Waals surface area contributed by atoms with E-state index in [0.29, 0.717) is 34.9 Å².